The van der Waals surface area contributed by atoms with E-state index in [2.05, 4.69) is 5.32 Å². The van der Waals surface area contributed by atoms with Crippen molar-refractivity contribution in [1.29, 1.82) is 0 Å². The lowest BCUT2D eigenvalue weighted by Gasteiger charge is -2.16. The Morgan fingerprint density at radius 2 is 2.08 bits per heavy atom. The molecule has 0 aliphatic carbocycles. The van der Waals surface area contributed by atoms with E-state index in [0.29, 0.717) is 22.9 Å². The third-order valence-electron chi connectivity index (χ3n) is 3.59. The van der Waals surface area contributed by atoms with Gasteiger partial charge in [-0.25, -0.2) is 8.42 Å². The molecule has 0 fully saturated rings. The van der Waals surface area contributed by atoms with Gasteiger partial charge >= 0.3 is 0 Å². The molecule has 0 saturated carbocycles. The zero-order valence-electron chi connectivity index (χ0n) is 13.1. The van der Waals surface area contributed by atoms with Crippen LogP contribution < -0.4 is 9.62 Å². The molecule has 0 spiro atoms. The summed E-state index contributed by atoms with van der Waals surface area (Å²) >= 11 is 1.36. The van der Waals surface area contributed by atoms with Crippen LogP contribution in [0.2, 0.25) is 0 Å². The maximum absolute atomic E-state index is 12.2. The van der Waals surface area contributed by atoms with Gasteiger partial charge in [0.2, 0.25) is 10.0 Å². The number of carbonyl (C=O) groups is 1. The number of thiophene rings is 1. The Morgan fingerprint density at radius 3 is 2.75 bits per heavy atom. The van der Waals surface area contributed by atoms with Crippen LogP contribution in [0.15, 0.2) is 47.1 Å². The van der Waals surface area contributed by atoms with E-state index >= 15 is 0 Å². The lowest BCUT2D eigenvalue weighted by molar-refractivity contribution is 0.0952. The molecule has 2 aromatic heterocycles. The van der Waals surface area contributed by atoms with Crippen LogP contribution in [0.4, 0.5) is 5.69 Å². The van der Waals surface area contributed by atoms with Crippen LogP contribution in [0.5, 0.6) is 0 Å². The summed E-state index contributed by atoms with van der Waals surface area (Å²) in [5, 5.41) is 3.63. The molecular formula is C16H16N2O4S2. The van der Waals surface area contributed by atoms with E-state index < -0.39 is 10.0 Å². The summed E-state index contributed by atoms with van der Waals surface area (Å²) in [4.78, 5) is 12.8. The number of nitrogens with zero attached hydrogens (tertiary/aromatic N) is 1. The first kappa shape index (κ1) is 16.5. The van der Waals surface area contributed by atoms with Crippen LogP contribution in [-0.2, 0) is 16.6 Å². The van der Waals surface area contributed by atoms with Crippen molar-refractivity contribution in [1.82, 2.24) is 5.32 Å². The zero-order valence-corrected chi connectivity index (χ0v) is 14.8. The van der Waals surface area contributed by atoms with Gasteiger partial charge in [-0.05, 0) is 41.8 Å². The van der Waals surface area contributed by atoms with Gasteiger partial charge in [0.05, 0.1) is 29.6 Å². The predicted octanol–water partition coefficient (Wildman–Crippen LogP) is 2.82. The van der Waals surface area contributed by atoms with Crippen molar-refractivity contribution in [3.8, 4) is 0 Å². The van der Waals surface area contributed by atoms with E-state index in [1.807, 2.05) is 6.07 Å². The fourth-order valence-corrected chi connectivity index (χ4v) is 3.65. The van der Waals surface area contributed by atoms with Gasteiger partial charge in [0.1, 0.15) is 5.76 Å². The third-order valence-corrected chi connectivity index (χ3v) is 5.91. The van der Waals surface area contributed by atoms with Crippen molar-refractivity contribution < 1.29 is 17.6 Å². The molecule has 0 atom stereocenters. The number of fused-ring (bicyclic) bond motifs is 1. The number of furan rings is 1. The quantitative estimate of drug-likeness (QED) is 0.755. The zero-order chi connectivity index (χ0) is 17.3. The summed E-state index contributed by atoms with van der Waals surface area (Å²) in [5.74, 6) is 0.493. The molecule has 0 radical (unpaired) electrons. The van der Waals surface area contributed by atoms with E-state index in [1.54, 1.807) is 36.6 Å². The molecule has 0 unspecified atom stereocenters. The van der Waals surface area contributed by atoms with Crippen LogP contribution in [-0.4, -0.2) is 27.6 Å². The average molecular weight is 364 g/mol. The largest absolute Gasteiger partial charge is 0.467 e. The van der Waals surface area contributed by atoms with Crippen LogP contribution in [0.25, 0.3) is 10.1 Å². The lowest BCUT2D eigenvalue weighted by Crippen LogP contribution is -2.24. The standard InChI is InChI=1S/C16H16N2O4S2/c1-18(24(2,20)21)12-5-6-14-11(8-12)9-15(23-14)16(19)17-10-13-4-3-7-22-13/h3-9H,10H2,1-2H3,(H,17,19). The van der Waals surface area contributed by atoms with Crippen LogP contribution in [0, 0.1) is 0 Å². The molecule has 0 saturated heterocycles. The highest BCUT2D eigenvalue weighted by Crippen LogP contribution is 2.29. The molecule has 24 heavy (non-hydrogen) atoms. The average Bonchev–Trinajstić information content (AvgIpc) is 3.19. The fraction of sp³-hybridized carbons (Fsp3) is 0.188. The maximum atomic E-state index is 12.2. The minimum atomic E-state index is -3.32. The molecule has 1 aromatic carbocycles. The first-order chi connectivity index (χ1) is 11.3. The molecule has 0 aliphatic heterocycles. The summed E-state index contributed by atoms with van der Waals surface area (Å²) in [5.41, 5.74) is 0.561. The Balaban J connectivity index is 1.82. The Kier molecular flexibility index (Phi) is 4.33. The van der Waals surface area contributed by atoms with Gasteiger partial charge in [0.15, 0.2) is 0 Å². The van der Waals surface area contributed by atoms with Crippen molar-refractivity contribution in [2.75, 3.05) is 17.6 Å². The van der Waals surface area contributed by atoms with E-state index in [0.717, 1.165) is 16.3 Å². The predicted molar refractivity (Wildman–Crippen MR) is 95.0 cm³/mol. The van der Waals surface area contributed by atoms with Gasteiger partial charge in [-0.1, -0.05) is 0 Å². The molecule has 2 heterocycles. The summed E-state index contributed by atoms with van der Waals surface area (Å²) in [6, 6.07) is 10.6. The summed E-state index contributed by atoms with van der Waals surface area (Å²) in [6.45, 7) is 0.322. The van der Waals surface area contributed by atoms with Gasteiger partial charge in [-0.3, -0.25) is 9.10 Å². The number of benzene rings is 1. The molecule has 3 rings (SSSR count). The monoisotopic (exact) mass is 364 g/mol. The number of amides is 1. The lowest BCUT2D eigenvalue weighted by atomic mass is 10.2. The summed E-state index contributed by atoms with van der Waals surface area (Å²) in [7, 11) is -1.82. The number of hydrogen-bond donors (Lipinski definition) is 1. The molecule has 1 N–H and O–H groups in total. The second-order valence-electron chi connectivity index (χ2n) is 5.33. The molecule has 1 amide bonds. The van der Waals surface area contributed by atoms with Gasteiger partial charge in [0.25, 0.3) is 5.91 Å². The maximum Gasteiger partial charge on any atom is 0.261 e. The molecule has 3 aromatic rings. The molecule has 126 valence electrons. The van der Waals surface area contributed by atoms with Crippen molar-refractivity contribution in [3.63, 3.8) is 0 Å². The summed E-state index contributed by atoms with van der Waals surface area (Å²) in [6.07, 6.45) is 2.71. The highest BCUT2D eigenvalue weighted by atomic mass is 32.2. The number of rotatable bonds is 5. The second kappa shape index (κ2) is 6.29. The summed E-state index contributed by atoms with van der Waals surface area (Å²) < 4.78 is 30.6. The third kappa shape index (κ3) is 3.44. The second-order valence-corrected chi connectivity index (χ2v) is 8.42. The molecule has 0 aliphatic rings. The van der Waals surface area contributed by atoms with Crippen molar-refractivity contribution >= 4 is 43.0 Å². The molecule has 6 nitrogen and oxygen atoms in total. The molecular weight excluding hydrogens is 348 g/mol. The van der Waals surface area contributed by atoms with Gasteiger partial charge in [0, 0.05) is 11.7 Å². The number of anilines is 1. The van der Waals surface area contributed by atoms with Gasteiger partial charge < -0.3 is 9.73 Å². The number of hydrogen-bond acceptors (Lipinski definition) is 5. The highest BCUT2D eigenvalue weighted by Gasteiger charge is 2.15. The molecule has 0 bridgehead atoms. The first-order valence-corrected chi connectivity index (χ1v) is 9.79. The SMILES string of the molecule is CN(c1ccc2sc(C(=O)NCc3ccco3)cc2c1)S(C)(=O)=O. The van der Waals surface area contributed by atoms with Gasteiger partial charge in [-0.2, -0.15) is 0 Å². The van der Waals surface area contributed by atoms with E-state index in [1.165, 1.54) is 22.7 Å². The van der Waals surface area contributed by atoms with Crippen molar-refractivity contribution in [2.45, 2.75) is 6.54 Å². The Bertz CT molecular complexity index is 975. The molecule has 8 heteroatoms. The van der Waals surface area contributed by atoms with E-state index in [4.69, 9.17) is 4.42 Å². The topological polar surface area (TPSA) is 79.6 Å². The number of sulfonamides is 1. The number of nitrogens with one attached hydrogen (secondary N) is 1. The fourth-order valence-electron chi connectivity index (χ4n) is 2.20. The smallest absolute Gasteiger partial charge is 0.261 e. The Morgan fingerprint density at radius 1 is 1.29 bits per heavy atom. The van der Waals surface area contributed by atoms with Crippen molar-refractivity contribution in [3.05, 3.63) is 53.3 Å². The van der Waals surface area contributed by atoms with Crippen molar-refractivity contribution in [2.24, 2.45) is 0 Å². The normalized spacial score (nSPS) is 11.6. The van der Waals surface area contributed by atoms with Crippen LogP contribution in [0.3, 0.4) is 0 Å². The first-order valence-electron chi connectivity index (χ1n) is 7.13. The van der Waals surface area contributed by atoms with Crippen LogP contribution in [0.1, 0.15) is 15.4 Å². The van der Waals surface area contributed by atoms with Crippen LogP contribution >= 0.6 is 11.3 Å². The van der Waals surface area contributed by atoms with Gasteiger partial charge in [-0.15, -0.1) is 11.3 Å². The highest BCUT2D eigenvalue weighted by molar-refractivity contribution is 7.92. The minimum absolute atomic E-state index is 0.189. The van der Waals surface area contributed by atoms with E-state index in [9.17, 15) is 13.2 Å². The minimum Gasteiger partial charge on any atom is -0.467 e. The Hall–Kier alpha value is -2.32. The Labute approximate surface area is 143 Å². The van der Waals surface area contributed by atoms with E-state index in [-0.39, 0.29) is 5.91 Å². The number of carbonyl (C=O) groups excluding carboxylic acids is 1.